The van der Waals surface area contributed by atoms with Gasteiger partial charge in [0.1, 0.15) is 5.37 Å². The molecule has 3 aliphatic rings. The van der Waals surface area contributed by atoms with Crippen molar-refractivity contribution >= 4 is 41.2 Å². The Kier molecular flexibility index (Phi) is 6.76. The summed E-state index contributed by atoms with van der Waals surface area (Å²) in [6.45, 7) is 2.57. The molecular formula is C19H26FNO5S2. The van der Waals surface area contributed by atoms with Crippen molar-refractivity contribution in [1.29, 1.82) is 0 Å². The van der Waals surface area contributed by atoms with Crippen molar-refractivity contribution in [3.05, 3.63) is 9.93 Å². The molecule has 3 atom stereocenters. The third-order valence-corrected chi connectivity index (χ3v) is 8.34. The number of halogens is 1. The molecule has 0 spiro atoms. The molecule has 0 aromatic carbocycles. The zero-order valence-electron chi connectivity index (χ0n) is 16.1. The summed E-state index contributed by atoms with van der Waals surface area (Å²) in [4.78, 5) is 39.0. The predicted octanol–water partition coefficient (Wildman–Crippen LogP) is 2.85. The zero-order chi connectivity index (χ0) is 20.5. The monoisotopic (exact) mass is 431 g/mol. The summed E-state index contributed by atoms with van der Waals surface area (Å²) in [7, 11) is 0. The summed E-state index contributed by atoms with van der Waals surface area (Å²) in [6.07, 6.45) is 3.85. The van der Waals surface area contributed by atoms with E-state index in [0.29, 0.717) is 4.24 Å². The maximum absolute atomic E-state index is 12.7. The highest BCUT2D eigenvalue weighted by Gasteiger charge is 2.58. The number of carbonyl (C=O) groups is 3. The maximum Gasteiger partial charge on any atom is 0.357 e. The number of carbonyl (C=O) groups excluding carboxylic acids is 3. The van der Waals surface area contributed by atoms with Crippen molar-refractivity contribution in [3.63, 3.8) is 0 Å². The fourth-order valence-corrected chi connectivity index (χ4v) is 6.67. The number of Topliss-reactive ketones (excluding diaryl/α,β-unsaturated/α-hetero) is 1. The average Bonchev–Trinajstić information content (AvgIpc) is 2.98. The van der Waals surface area contributed by atoms with E-state index >= 15 is 0 Å². The van der Waals surface area contributed by atoms with Gasteiger partial charge < -0.3 is 9.84 Å². The van der Waals surface area contributed by atoms with Gasteiger partial charge in [0.25, 0.3) is 0 Å². The number of esters is 1. The fourth-order valence-electron chi connectivity index (χ4n) is 3.96. The molecule has 2 fully saturated rings. The first kappa shape index (κ1) is 21.6. The van der Waals surface area contributed by atoms with Gasteiger partial charge in [-0.25, -0.2) is 4.79 Å². The number of ketones is 1. The summed E-state index contributed by atoms with van der Waals surface area (Å²) in [5.41, 5.74) is -0.382. The smallest absolute Gasteiger partial charge is 0.357 e. The maximum atomic E-state index is 12.7. The molecule has 1 saturated heterocycles. The number of nitrogens with zero attached hydrogens (tertiary/aromatic N) is 1. The van der Waals surface area contributed by atoms with Crippen molar-refractivity contribution in [2.45, 2.75) is 57.4 Å². The number of amides is 1. The van der Waals surface area contributed by atoms with Gasteiger partial charge in [-0.2, -0.15) is 0 Å². The minimum absolute atomic E-state index is 0.0805. The van der Waals surface area contributed by atoms with E-state index in [4.69, 9.17) is 4.74 Å². The largest absolute Gasteiger partial charge is 0.453 e. The number of hydrogen-bond donors (Lipinski definition) is 1. The topological polar surface area (TPSA) is 83.9 Å². The van der Waals surface area contributed by atoms with Crippen LogP contribution in [0.4, 0.5) is 4.39 Å². The molecule has 2 aliphatic heterocycles. The lowest BCUT2D eigenvalue weighted by Crippen LogP contribution is -2.60. The van der Waals surface area contributed by atoms with Crippen molar-refractivity contribution in [2.24, 2.45) is 11.3 Å². The Morgan fingerprint density at radius 3 is 2.68 bits per heavy atom. The Morgan fingerprint density at radius 2 is 2.07 bits per heavy atom. The average molecular weight is 432 g/mol. The lowest BCUT2D eigenvalue weighted by atomic mass is 9.73. The van der Waals surface area contributed by atoms with Gasteiger partial charge in [-0.05, 0) is 19.8 Å². The van der Waals surface area contributed by atoms with Crippen LogP contribution in [-0.4, -0.2) is 58.2 Å². The first-order valence-electron chi connectivity index (χ1n) is 9.61. The standard InChI is InChI=1S/C19H26FNO5S2/c1-11(22)13-15(24)21-14(18(27-9-8-20)28-16(13)21)17(25)26-10-12(23)19(2)6-4-3-5-7-19/h11,13,16,22H,3-10H2,1-2H3/t11-,13+,16-/m1/s1. The Hall–Kier alpha value is -1.06. The molecule has 2 heterocycles. The van der Waals surface area contributed by atoms with Crippen LogP contribution in [0.25, 0.3) is 0 Å². The number of thioether (sulfide) groups is 2. The quantitative estimate of drug-likeness (QED) is 0.467. The van der Waals surface area contributed by atoms with Crippen molar-refractivity contribution in [1.82, 2.24) is 4.90 Å². The van der Waals surface area contributed by atoms with Crippen LogP contribution in [0.3, 0.4) is 0 Å². The molecule has 0 aromatic heterocycles. The Balaban J connectivity index is 1.69. The van der Waals surface area contributed by atoms with Gasteiger partial charge in [0.2, 0.25) is 5.91 Å². The molecule has 3 rings (SSSR count). The number of alkyl halides is 1. The van der Waals surface area contributed by atoms with Crippen LogP contribution in [0.15, 0.2) is 9.93 Å². The minimum atomic E-state index is -0.836. The van der Waals surface area contributed by atoms with Crippen molar-refractivity contribution in [2.75, 3.05) is 19.0 Å². The van der Waals surface area contributed by atoms with Gasteiger partial charge in [0.05, 0.1) is 22.9 Å². The number of β-lactam (4-membered cyclic amide) rings is 1. The first-order valence-corrected chi connectivity index (χ1v) is 11.5. The molecule has 9 heteroatoms. The van der Waals surface area contributed by atoms with E-state index in [1.54, 1.807) is 0 Å². The molecule has 156 valence electrons. The van der Waals surface area contributed by atoms with E-state index in [9.17, 15) is 23.9 Å². The fraction of sp³-hybridized carbons (Fsp3) is 0.737. The lowest BCUT2D eigenvalue weighted by molar-refractivity contribution is -0.159. The van der Waals surface area contributed by atoms with Crippen LogP contribution in [0.2, 0.25) is 0 Å². The Bertz CT molecular complexity index is 690. The molecular weight excluding hydrogens is 405 g/mol. The van der Waals surface area contributed by atoms with Crippen molar-refractivity contribution < 1.29 is 28.6 Å². The molecule has 28 heavy (non-hydrogen) atoms. The van der Waals surface area contributed by atoms with Gasteiger partial charge in [0.15, 0.2) is 18.1 Å². The van der Waals surface area contributed by atoms with E-state index in [0.717, 1.165) is 43.9 Å². The normalized spacial score (nSPS) is 27.3. The number of ether oxygens (including phenoxy) is 1. The van der Waals surface area contributed by atoms with Gasteiger partial charge >= 0.3 is 5.97 Å². The van der Waals surface area contributed by atoms with Gasteiger partial charge in [-0.15, -0.1) is 11.8 Å². The lowest BCUT2D eigenvalue weighted by Gasteiger charge is -2.43. The van der Waals surface area contributed by atoms with E-state index in [1.165, 1.54) is 23.6 Å². The van der Waals surface area contributed by atoms with Crippen LogP contribution in [0.1, 0.15) is 46.0 Å². The molecule has 1 amide bonds. The summed E-state index contributed by atoms with van der Waals surface area (Å²) >= 11 is 2.43. The summed E-state index contributed by atoms with van der Waals surface area (Å²) in [6, 6.07) is 0. The molecule has 1 saturated carbocycles. The number of aliphatic hydroxyl groups is 1. The van der Waals surface area contributed by atoms with E-state index in [-0.39, 0.29) is 35.1 Å². The van der Waals surface area contributed by atoms with Crippen LogP contribution < -0.4 is 0 Å². The highest BCUT2D eigenvalue weighted by molar-refractivity contribution is 8.22. The van der Waals surface area contributed by atoms with Gasteiger partial charge in [0, 0.05) is 11.2 Å². The van der Waals surface area contributed by atoms with E-state index in [1.807, 2.05) is 6.92 Å². The third-order valence-electron chi connectivity index (χ3n) is 5.73. The zero-order valence-corrected chi connectivity index (χ0v) is 17.7. The molecule has 6 nitrogen and oxygen atoms in total. The summed E-state index contributed by atoms with van der Waals surface area (Å²) in [5, 5.41) is 9.43. The molecule has 0 bridgehead atoms. The Labute approximate surface area is 172 Å². The first-order chi connectivity index (χ1) is 13.3. The summed E-state index contributed by atoms with van der Waals surface area (Å²) in [5.74, 6) is -1.62. The van der Waals surface area contributed by atoms with Crippen LogP contribution >= 0.6 is 23.5 Å². The number of fused-ring (bicyclic) bond motifs is 1. The second-order valence-corrected chi connectivity index (χ2v) is 10.3. The number of aliphatic hydroxyl groups excluding tert-OH is 1. The number of rotatable bonds is 8. The highest BCUT2D eigenvalue weighted by Crippen LogP contribution is 2.54. The number of hydrogen-bond acceptors (Lipinski definition) is 7. The minimum Gasteiger partial charge on any atom is -0.453 e. The molecule has 0 radical (unpaired) electrons. The Morgan fingerprint density at radius 1 is 1.39 bits per heavy atom. The predicted molar refractivity (Wildman–Crippen MR) is 106 cm³/mol. The molecule has 1 N–H and O–H groups in total. The molecule has 0 unspecified atom stereocenters. The molecule has 0 aromatic rings. The van der Waals surface area contributed by atoms with Crippen molar-refractivity contribution in [3.8, 4) is 0 Å². The van der Waals surface area contributed by atoms with Crippen LogP contribution in [-0.2, 0) is 19.1 Å². The van der Waals surface area contributed by atoms with E-state index in [2.05, 4.69) is 0 Å². The van der Waals surface area contributed by atoms with Gasteiger partial charge in [-0.3, -0.25) is 18.9 Å². The highest BCUT2D eigenvalue weighted by atomic mass is 32.2. The van der Waals surface area contributed by atoms with Gasteiger partial charge in [-0.1, -0.05) is 37.9 Å². The summed E-state index contributed by atoms with van der Waals surface area (Å²) < 4.78 is 18.4. The van der Waals surface area contributed by atoms with Crippen LogP contribution in [0, 0.1) is 11.3 Å². The third kappa shape index (κ3) is 3.98. The molecule has 1 aliphatic carbocycles. The second-order valence-electron chi connectivity index (χ2n) is 7.78. The van der Waals surface area contributed by atoms with E-state index < -0.39 is 30.1 Å². The second kappa shape index (κ2) is 8.75. The van der Waals surface area contributed by atoms with Crippen LogP contribution in [0.5, 0.6) is 0 Å². The SMILES string of the molecule is C[C@@H](O)[C@H]1C(=O)N2C(C(=O)OCC(=O)C3(C)CCCCC3)=C(SCCF)S[C@H]12.